The fourth-order valence-electron chi connectivity index (χ4n) is 3.32. The SMILES string of the molecule is CCCCCCC(CCCCC)C1CCCCN1. The topological polar surface area (TPSA) is 12.0 Å². The standard InChI is InChI=1S/C17H35N/c1-3-5-7-9-13-16(12-8-6-4-2)17-14-10-11-15-18-17/h16-18H,3-15H2,1-2H3. The number of hydrogen-bond donors (Lipinski definition) is 1. The lowest BCUT2D eigenvalue weighted by Gasteiger charge is -2.31. The second kappa shape index (κ2) is 10.8. The maximum Gasteiger partial charge on any atom is 0.00953 e. The fraction of sp³-hybridized carbons (Fsp3) is 1.00. The van der Waals surface area contributed by atoms with Crippen LogP contribution in [0.25, 0.3) is 0 Å². The predicted octanol–water partition coefficient (Wildman–Crippen LogP) is 5.30. The molecule has 2 atom stereocenters. The van der Waals surface area contributed by atoms with Crippen LogP contribution < -0.4 is 5.32 Å². The van der Waals surface area contributed by atoms with Crippen LogP contribution in [0, 0.1) is 5.92 Å². The largest absolute Gasteiger partial charge is 0.314 e. The third kappa shape index (κ3) is 6.78. The summed E-state index contributed by atoms with van der Waals surface area (Å²) in [6.07, 6.45) is 17.2. The lowest BCUT2D eigenvalue weighted by molar-refractivity contribution is 0.257. The molecule has 1 N–H and O–H groups in total. The molecule has 1 aliphatic heterocycles. The molecule has 0 aliphatic carbocycles. The van der Waals surface area contributed by atoms with Crippen LogP contribution in [-0.2, 0) is 0 Å². The molecule has 0 aromatic carbocycles. The van der Waals surface area contributed by atoms with E-state index in [1.807, 2.05) is 0 Å². The lowest BCUT2D eigenvalue weighted by atomic mass is 9.84. The Balaban J connectivity index is 2.25. The summed E-state index contributed by atoms with van der Waals surface area (Å²) >= 11 is 0. The number of piperidine rings is 1. The van der Waals surface area contributed by atoms with Gasteiger partial charge in [-0.1, -0.05) is 65.2 Å². The summed E-state index contributed by atoms with van der Waals surface area (Å²) in [5, 5.41) is 3.79. The van der Waals surface area contributed by atoms with Gasteiger partial charge in [0.2, 0.25) is 0 Å². The van der Waals surface area contributed by atoms with Crippen molar-refractivity contribution in [2.75, 3.05) is 6.54 Å². The summed E-state index contributed by atoms with van der Waals surface area (Å²) in [7, 11) is 0. The Morgan fingerprint density at radius 2 is 1.56 bits per heavy atom. The first-order valence-electron chi connectivity index (χ1n) is 8.61. The van der Waals surface area contributed by atoms with Crippen LogP contribution in [0.1, 0.15) is 90.9 Å². The Bertz CT molecular complexity index is 172. The van der Waals surface area contributed by atoms with Gasteiger partial charge in [-0.2, -0.15) is 0 Å². The van der Waals surface area contributed by atoms with Crippen molar-refractivity contribution in [3.05, 3.63) is 0 Å². The summed E-state index contributed by atoms with van der Waals surface area (Å²) < 4.78 is 0. The van der Waals surface area contributed by atoms with Crippen molar-refractivity contribution >= 4 is 0 Å². The van der Waals surface area contributed by atoms with Gasteiger partial charge in [0, 0.05) is 6.04 Å². The highest BCUT2D eigenvalue weighted by Gasteiger charge is 2.22. The molecule has 1 nitrogen and oxygen atoms in total. The molecule has 1 fully saturated rings. The minimum atomic E-state index is 0.845. The maximum atomic E-state index is 3.79. The molecule has 0 bridgehead atoms. The number of unbranched alkanes of at least 4 members (excludes halogenated alkanes) is 5. The zero-order chi connectivity index (χ0) is 13.1. The molecule has 0 aromatic rings. The first-order valence-corrected chi connectivity index (χ1v) is 8.61. The molecule has 0 amide bonds. The van der Waals surface area contributed by atoms with Crippen LogP contribution in [-0.4, -0.2) is 12.6 Å². The van der Waals surface area contributed by atoms with Crippen molar-refractivity contribution in [1.82, 2.24) is 5.32 Å². The van der Waals surface area contributed by atoms with Crippen molar-refractivity contribution < 1.29 is 0 Å². The van der Waals surface area contributed by atoms with Gasteiger partial charge in [0.1, 0.15) is 0 Å². The smallest absolute Gasteiger partial charge is 0.00953 e. The van der Waals surface area contributed by atoms with Crippen LogP contribution >= 0.6 is 0 Å². The van der Waals surface area contributed by atoms with Crippen molar-refractivity contribution in [2.24, 2.45) is 5.92 Å². The molecule has 0 saturated carbocycles. The summed E-state index contributed by atoms with van der Waals surface area (Å²) in [5.74, 6) is 0.966. The van der Waals surface area contributed by atoms with Crippen molar-refractivity contribution in [1.29, 1.82) is 0 Å². The Morgan fingerprint density at radius 3 is 2.17 bits per heavy atom. The average Bonchev–Trinajstić information content (AvgIpc) is 2.42. The van der Waals surface area contributed by atoms with E-state index in [0.717, 1.165) is 12.0 Å². The van der Waals surface area contributed by atoms with Gasteiger partial charge in [0.05, 0.1) is 0 Å². The second-order valence-corrected chi connectivity index (χ2v) is 6.16. The number of hydrogen-bond acceptors (Lipinski definition) is 1. The van der Waals surface area contributed by atoms with Gasteiger partial charge in [0.15, 0.2) is 0 Å². The molecule has 0 radical (unpaired) electrons. The van der Waals surface area contributed by atoms with Gasteiger partial charge >= 0.3 is 0 Å². The summed E-state index contributed by atoms with van der Waals surface area (Å²) in [6.45, 7) is 5.89. The second-order valence-electron chi connectivity index (χ2n) is 6.16. The molecule has 0 aromatic heterocycles. The van der Waals surface area contributed by atoms with E-state index in [1.54, 1.807) is 0 Å². The van der Waals surface area contributed by atoms with E-state index in [2.05, 4.69) is 19.2 Å². The van der Waals surface area contributed by atoms with E-state index in [9.17, 15) is 0 Å². The molecule has 108 valence electrons. The van der Waals surface area contributed by atoms with Gasteiger partial charge in [-0.3, -0.25) is 0 Å². The Labute approximate surface area is 115 Å². The molecular weight excluding hydrogens is 218 g/mol. The maximum absolute atomic E-state index is 3.79. The third-order valence-electron chi connectivity index (χ3n) is 4.52. The molecule has 1 saturated heterocycles. The fourth-order valence-corrected chi connectivity index (χ4v) is 3.32. The summed E-state index contributed by atoms with van der Waals surface area (Å²) in [5.41, 5.74) is 0. The van der Waals surface area contributed by atoms with Gasteiger partial charge in [-0.15, -0.1) is 0 Å². The average molecular weight is 253 g/mol. The van der Waals surface area contributed by atoms with Gasteiger partial charge in [-0.25, -0.2) is 0 Å². The van der Waals surface area contributed by atoms with Crippen molar-refractivity contribution in [2.45, 2.75) is 96.9 Å². The number of rotatable bonds is 10. The first kappa shape index (κ1) is 16.0. The van der Waals surface area contributed by atoms with E-state index < -0.39 is 0 Å². The zero-order valence-electron chi connectivity index (χ0n) is 12.8. The number of nitrogens with one attached hydrogen (secondary N) is 1. The molecular formula is C17H35N. The van der Waals surface area contributed by atoms with E-state index in [0.29, 0.717) is 0 Å². The van der Waals surface area contributed by atoms with Crippen molar-refractivity contribution in [3.63, 3.8) is 0 Å². The zero-order valence-corrected chi connectivity index (χ0v) is 12.8. The quantitative estimate of drug-likeness (QED) is 0.521. The Kier molecular flexibility index (Phi) is 9.65. The Morgan fingerprint density at radius 1 is 0.889 bits per heavy atom. The van der Waals surface area contributed by atoms with E-state index >= 15 is 0 Å². The van der Waals surface area contributed by atoms with Crippen LogP contribution in [0.5, 0.6) is 0 Å². The molecule has 1 heterocycles. The van der Waals surface area contributed by atoms with E-state index in [1.165, 1.54) is 83.6 Å². The van der Waals surface area contributed by atoms with Gasteiger partial charge in [-0.05, 0) is 38.1 Å². The molecule has 18 heavy (non-hydrogen) atoms. The van der Waals surface area contributed by atoms with E-state index in [4.69, 9.17) is 0 Å². The summed E-state index contributed by atoms with van der Waals surface area (Å²) in [4.78, 5) is 0. The van der Waals surface area contributed by atoms with Crippen LogP contribution in [0.15, 0.2) is 0 Å². The molecule has 1 aliphatic rings. The highest BCUT2D eigenvalue weighted by molar-refractivity contribution is 4.80. The van der Waals surface area contributed by atoms with Crippen molar-refractivity contribution in [3.8, 4) is 0 Å². The van der Waals surface area contributed by atoms with Gasteiger partial charge in [0.25, 0.3) is 0 Å². The van der Waals surface area contributed by atoms with Gasteiger partial charge < -0.3 is 5.32 Å². The van der Waals surface area contributed by atoms with Crippen LogP contribution in [0.2, 0.25) is 0 Å². The van der Waals surface area contributed by atoms with Crippen LogP contribution in [0.3, 0.4) is 0 Å². The minimum absolute atomic E-state index is 0.845. The Hall–Kier alpha value is -0.0400. The molecule has 0 spiro atoms. The molecule has 2 unspecified atom stereocenters. The lowest BCUT2D eigenvalue weighted by Crippen LogP contribution is -2.40. The molecule has 1 rings (SSSR count). The highest BCUT2D eigenvalue weighted by atomic mass is 14.9. The highest BCUT2D eigenvalue weighted by Crippen LogP contribution is 2.25. The normalized spacial score (nSPS) is 22.0. The van der Waals surface area contributed by atoms with E-state index in [-0.39, 0.29) is 0 Å². The molecule has 1 heteroatoms. The first-order chi connectivity index (χ1) is 8.88. The van der Waals surface area contributed by atoms with Crippen LogP contribution in [0.4, 0.5) is 0 Å². The predicted molar refractivity (Wildman–Crippen MR) is 82.0 cm³/mol. The summed E-state index contributed by atoms with van der Waals surface area (Å²) in [6, 6.07) is 0.845. The monoisotopic (exact) mass is 253 g/mol. The third-order valence-corrected chi connectivity index (χ3v) is 4.52. The minimum Gasteiger partial charge on any atom is -0.314 e.